The van der Waals surface area contributed by atoms with Crippen molar-refractivity contribution in [2.45, 2.75) is 39.0 Å². The lowest BCUT2D eigenvalue weighted by Crippen LogP contribution is -2.01. The van der Waals surface area contributed by atoms with Crippen LogP contribution >= 0.6 is 0 Å². The molecule has 0 unspecified atom stereocenters. The molecule has 0 N–H and O–H groups in total. The van der Waals surface area contributed by atoms with Gasteiger partial charge in [0.1, 0.15) is 0 Å². The van der Waals surface area contributed by atoms with Gasteiger partial charge in [0.2, 0.25) is 0 Å². The van der Waals surface area contributed by atoms with Crippen LogP contribution in [0.1, 0.15) is 70.9 Å². The Labute approximate surface area is 200 Å². The van der Waals surface area contributed by atoms with Crippen LogP contribution in [-0.2, 0) is 14.3 Å². The van der Waals surface area contributed by atoms with Gasteiger partial charge in [-0.15, -0.1) is 0 Å². The molecule has 2 aromatic rings. The first kappa shape index (κ1) is 24.9. The fraction of sp³-hybridized carbons (Fsp3) is 0.276. The van der Waals surface area contributed by atoms with Crippen LogP contribution < -0.4 is 0 Å². The van der Waals surface area contributed by atoms with Gasteiger partial charge in [0, 0.05) is 17.6 Å². The van der Waals surface area contributed by atoms with E-state index in [0.29, 0.717) is 17.5 Å². The lowest BCUT2D eigenvalue weighted by Gasteiger charge is -2.03. The smallest absolute Gasteiger partial charge is 0.337 e. The van der Waals surface area contributed by atoms with Crippen molar-refractivity contribution in [1.82, 2.24) is 0 Å². The number of rotatable bonds is 9. The average molecular weight is 459 g/mol. The lowest BCUT2D eigenvalue weighted by atomic mass is 10.0. The maximum Gasteiger partial charge on any atom is 0.337 e. The van der Waals surface area contributed by atoms with Crippen LogP contribution in [0.25, 0.3) is 12.2 Å². The molecule has 0 aromatic heterocycles. The van der Waals surface area contributed by atoms with E-state index in [9.17, 15) is 14.4 Å². The quantitative estimate of drug-likeness (QED) is 0.254. The van der Waals surface area contributed by atoms with Gasteiger partial charge in [-0.05, 0) is 59.9 Å². The second-order valence-corrected chi connectivity index (χ2v) is 8.20. The van der Waals surface area contributed by atoms with Crippen molar-refractivity contribution in [2.75, 3.05) is 14.2 Å². The number of benzene rings is 2. The van der Waals surface area contributed by atoms with E-state index in [1.54, 1.807) is 24.3 Å². The van der Waals surface area contributed by atoms with Crippen LogP contribution in [0.15, 0.2) is 71.3 Å². The van der Waals surface area contributed by atoms with Crippen LogP contribution in [-0.4, -0.2) is 31.9 Å². The van der Waals surface area contributed by atoms with Crippen LogP contribution in [0, 0.1) is 0 Å². The van der Waals surface area contributed by atoms with Gasteiger partial charge >= 0.3 is 11.9 Å². The maximum atomic E-state index is 13.2. The fourth-order valence-electron chi connectivity index (χ4n) is 3.91. The molecule has 0 amide bonds. The molecule has 0 heterocycles. The summed E-state index contributed by atoms with van der Waals surface area (Å²) in [6.07, 6.45) is 10.3. The highest BCUT2D eigenvalue weighted by Crippen LogP contribution is 2.34. The van der Waals surface area contributed by atoms with Gasteiger partial charge in [-0.2, -0.15) is 0 Å². The van der Waals surface area contributed by atoms with Crippen molar-refractivity contribution in [2.24, 2.45) is 0 Å². The molecule has 0 saturated heterocycles. The van der Waals surface area contributed by atoms with E-state index in [4.69, 9.17) is 9.47 Å². The Bertz CT molecular complexity index is 1130. The highest BCUT2D eigenvalue weighted by Gasteiger charge is 2.26. The zero-order chi connectivity index (χ0) is 24.5. The van der Waals surface area contributed by atoms with Gasteiger partial charge < -0.3 is 9.47 Å². The van der Waals surface area contributed by atoms with Gasteiger partial charge in [-0.1, -0.05) is 56.2 Å². The summed E-state index contributed by atoms with van der Waals surface area (Å²) >= 11 is 0. The van der Waals surface area contributed by atoms with Crippen LogP contribution in [0.5, 0.6) is 0 Å². The van der Waals surface area contributed by atoms with E-state index in [1.807, 2.05) is 42.5 Å². The Morgan fingerprint density at radius 1 is 0.824 bits per heavy atom. The fourth-order valence-corrected chi connectivity index (χ4v) is 3.91. The first-order valence-electron chi connectivity index (χ1n) is 11.5. The Morgan fingerprint density at radius 2 is 1.38 bits per heavy atom. The summed E-state index contributed by atoms with van der Waals surface area (Å²) < 4.78 is 9.49. The number of carbonyl (C=O) groups is 3. The van der Waals surface area contributed by atoms with E-state index in [1.165, 1.54) is 14.2 Å². The second kappa shape index (κ2) is 11.9. The SMILES string of the molecule is CCCCCC1=C(/C=C/c2ccc(C(=O)OC)cc2)C/C(=C/c2ccc(C(=O)OC)cc2)C1=O. The summed E-state index contributed by atoms with van der Waals surface area (Å²) in [7, 11) is 2.71. The normalized spacial score (nSPS) is 14.8. The van der Waals surface area contributed by atoms with E-state index in [0.717, 1.165) is 53.5 Å². The molecule has 0 spiro atoms. The molecule has 2 aromatic carbocycles. The van der Waals surface area contributed by atoms with Crippen molar-refractivity contribution in [1.29, 1.82) is 0 Å². The van der Waals surface area contributed by atoms with Crippen molar-refractivity contribution in [3.63, 3.8) is 0 Å². The predicted octanol–water partition coefficient (Wildman–Crippen LogP) is 6.21. The Kier molecular flexibility index (Phi) is 8.74. The Morgan fingerprint density at radius 3 is 1.91 bits per heavy atom. The summed E-state index contributed by atoms with van der Waals surface area (Å²) in [5, 5.41) is 0. The van der Waals surface area contributed by atoms with Gasteiger partial charge in [0.05, 0.1) is 25.3 Å². The van der Waals surface area contributed by atoms with Gasteiger partial charge in [-0.25, -0.2) is 9.59 Å². The molecule has 5 nitrogen and oxygen atoms in total. The third-order valence-corrected chi connectivity index (χ3v) is 5.85. The summed E-state index contributed by atoms with van der Waals surface area (Å²) in [5.41, 5.74) is 5.42. The maximum absolute atomic E-state index is 13.2. The summed E-state index contributed by atoms with van der Waals surface area (Å²) in [6.45, 7) is 2.15. The number of Topliss-reactive ketones (excluding diaryl/α,β-unsaturated/α-hetero) is 1. The van der Waals surface area contributed by atoms with E-state index >= 15 is 0 Å². The van der Waals surface area contributed by atoms with Crippen LogP contribution in [0.3, 0.4) is 0 Å². The number of methoxy groups -OCH3 is 2. The summed E-state index contributed by atoms with van der Waals surface area (Å²) in [4.78, 5) is 36.5. The number of allylic oxidation sites excluding steroid dienone is 4. The third-order valence-electron chi connectivity index (χ3n) is 5.85. The number of hydrogen-bond acceptors (Lipinski definition) is 5. The summed E-state index contributed by atoms with van der Waals surface area (Å²) in [6, 6.07) is 14.2. The topological polar surface area (TPSA) is 69.7 Å². The van der Waals surface area contributed by atoms with Crippen molar-refractivity contribution in [3.05, 3.63) is 93.6 Å². The van der Waals surface area contributed by atoms with Gasteiger partial charge in [0.15, 0.2) is 5.78 Å². The van der Waals surface area contributed by atoms with Crippen molar-refractivity contribution < 1.29 is 23.9 Å². The van der Waals surface area contributed by atoms with Crippen LogP contribution in [0.4, 0.5) is 0 Å². The zero-order valence-electron chi connectivity index (χ0n) is 19.9. The molecule has 34 heavy (non-hydrogen) atoms. The molecule has 1 aliphatic rings. The molecule has 3 rings (SSSR count). The molecular formula is C29H30O5. The minimum Gasteiger partial charge on any atom is -0.465 e. The largest absolute Gasteiger partial charge is 0.465 e. The Hall–Kier alpha value is -3.73. The molecule has 176 valence electrons. The number of unbranched alkanes of at least 4 members (excludes halogenated alkanes) is 2. The molecular weight excluding hydrogens is 428 g/mol. The minimum absolute atomic E-state index is 0.0915. The molecule has 0 aliphatic heterocycles. The predicted molar refractivity (Wildman–Crippen MR) is 133 cm³/mol. The van der Waals surface area contributed by atoms with Crippen LogP contribution in [0.2, 0.25) is 0 Å². The molecule has 5 heteroatoms. The molecule has 0 fully saturated rings. The number of esters is 2. The summed E-state index contributed by atoms with van der Waals surface area (Å²) in [5.74, 6) is -0.663. The number of ether oxygens (including phenoxy) is 2. The molecule has 0 saturated carbocycles. The highest BCUT2D eigenvalue weighted by atomic mass is 16.5. The van der Waals surface area contributed by atoms with E-state index in [-0.39, 0.29) is 17.7 Å². The van der Waals surface area contributed by atoms with Gasteiger partial charge in [0.25, 0.3) is 0 Å². The van der Waals surface area contributed by atoms with Crippen molar-refractivity contribution >= 4 is 29.9 Å². The van der Waals surface area contributed by atoms with E-state index in [2.05, 4.69) is 6.92 Å². The van der Waals surface area contributed by atoms with Gasteiger partial charge in [-0.3, -0.25) is 4.79 Å². The average Bonchev–Trinajstić information content (AvgIpc) is 3.16. The molecule has 0 bridgehead atoms. The monoisotopic (exact) mass is 458 g/mol. The zero-order valence-corrected chi connectivity index (χ0v) is 19.9. The lowest BCUT2D eigenvalue weighted by molar-refractivity contribution is -0.112. The second-order valence-electron chi connectivity index (χ2n) is 8.20. The number of carbonyl (C=O) groups excluding carboxylic acids is 3. The van der Waals surface area contributed by atoms with Crippen molar-refractivity contribution in [3.8, 4) is 0 Å². The number of hydrogen-bond donors (Lipinski definition) is 0. The Balaban J connectivity index is 1.82. The first-order chi connectivity index (χ1) is 16.5. The first-order valence-corrected chi connectivity index (χ1v) is 11.5. The third kappa shape index (κ3) is 6.19. The molecule has 0 atom stereocenters. The standard InChI is InChI=1S/C29H30O5/c1-4-5-6-7-26-24(17-10-20-8-13-22(14-9-20)28(31)33-2)19-25(27(26)30)18-21-11-15-23(16-12-21)29(32)34-3/h8-18H,4-7,19H2,1-3H3/b17-10+,25-18-. The molecule has 1 aliphatic carbocycles. The highest BCUT2D eigenvalue weighted by molar-refractivity contribution is 6.15. The minimum atomic E-state index is -0.386. The number of ketones is 1. The van der Waals surface area contributed by atoms with E-state index < -0.39 is 0 Å². The molecule has 0 radical (unpaired) electrons.